The van der Waals surface area contributed by atoms with Crippen LogP contribution in [0.25, 0.3) is 0 Å². The summed E-state index contributed by atoms with van der Waals surface area (Å²) in [5.74, 6) is 0.272. The number of carbonyl (C=O) groups excluding carboxylic acids is 1. The second-order valence-corrected chi connectivity index (χ2v) is 8.83. The number of hydrogen-bond donors (Lipinski definition) is 1. The summed E-state index contributed by atoms with van der Waals surface area (Å²) >= 11 is 1.39. The molecule has 0 aliphatic rings. The van der Waals surface area contributed by atoms with E-state index in [1.807, 2.05) is 58.9 Å². The second kappa shape index (κ2) is 12.9. The molecule has 8 heteroatoms. The molecule has 0 aliphatic carbocycles. The molecule has 0 bridgehead atoms. The van der Waals surface area contributed by atoms with Crippen LogP contribution in [0.2, 0.25) is 0 Å². The maximum absolute atomic E-state index is 13.0. The topological polar surface area (TPSA) is 89.9 Å². The van der Waals surface area contributed by atoms with Crippen molar-refractivity contribution in [2.45, 2.75) is 72.8 Å². The van der Waals surface area contributed by atoms with E-state index < -0.39 is 6.10 Å². The molecule has 7 nitrogen and oxygen atoms in total. The third-order valence-electron chi connectivity index (χ3n) is 4.63. The third kappa shape index (κ3) is 8.34. The lowest BCUT2D eigenvalue weighted by Crippen LogP contribution is -2.31. The molecule has 2 aromatic heterocycles. The minimum absolute atomic E-state index is 0.286. The number of nitrogens with zero attached hydrogens (tertiary/aromatic N) is 4. The van der Waals surface area contributed by atoms with Crippen LogP contribution in [0.5, 0.6) is 0 Å². The van der Waals surface area contributed by atoms with E-state index in [2.05, 4.69) is 32.3 Å². The van der Waals surface area contributed by atoms with E-state index in [1.165, 1.54) is 11.3 Å². The molecule has 2 aromatic rings. The van der Waals surface area contributed by atoms with Gasteiger partial charge in [0.25, 0.3) is 5.91 Å². The summed E-state index contributed by atoms with van der Waals surface area (Å²) in [6.07, 6.45) is 7.30. The zero-order valence-corrected chi connectivity index (χ0v) is 20.5. The van der Waals surface area contributed by atoms with Crippen LogP contribution in [-0.2, 0) is 22.4 Å². The Kier molecular flexibility index (Phi) is 10.2. The number of nitrogens with one attached hydrogen (secondary N) is 1. The maximum atomic E-state index is 13.0. The van der Waals surface area contributed by atoms with E-state index in [0.29, 0.717) is 17.3 Å². The Bertz CT molecular complexity index is 959. The highest BCUT2D eigenvalue weighted by molar-refractivity contribution is 7.15. The number of hydrogen-bond acceptors (Lipinski definition) is 7. The van der Waals surface area contributed by atoms with Crippen molar-refractivity contribution in [3.8, 4) is 0 Å². The highest BCUT2D eigenvalue weighted by Crippen LogP contribution is 2.21. The van der Waals surface area contributed by atoms with Gasteiger partial charge in [-0.25, -0.2) is 0 Å². The van der Waals surface area contributed by atoms with Crippen molar-refractivity contribution < 1.29 is 9.53 Å². The molecule has 0 saturated heterocycles. The predicted octanol–water partition coefficient (Wildman–Crippen LogP) is 5.36. The van der Waals surface area contributed by atoms with E-state index >= 15 is 0 Å². The summed E-state index contributed by atoms with van der Waals surface area (Å²) in [5.41, 5.74) is 3.78. The van der Waals surface area contributed by atoms with Crippen LogP contribution >= 0.6 is 11.3 Å². The lowest BCUT2D eigenvalue weighted by molar-refractivity contribution is -0.123. The smallest absolute Gasteiger partial charge is 0.271 e. The molecule has 0 aromatic carbocycles. The van der Waals surface area contributed by atoms with Gasteiger partial charge in [0.15, 0.2) is 0 Å². The van der Waals surface area contributed by atoms with Crippen LogP contribution in [0.15, 0.2) is 47.8 Å². The fraction of sp³-hybridized carbons (Fsp3) is 0.458. The number of aromatic nitrogens is 4. The molecule has 2 rings (SSSR count). The molecule has 0 fully saturated rings. The van der Waals surface area contributed by atoms with Crippen molar-refractivity contribution in [1.29, 1.82) is 0 Å². The Balaban J connectivity index is 1.93. The van der Waals surface area contributed by atoms with Gasteiger partial charge in [-0.2, -0.15) is 10.2 Å². The predicted molar refractivity (Wildman–Crippen MR) is 129 cm³/mol. The van der Waals surface area contributed by atoms with Crippen LogP contribution in [0.4, 0.5) is 5.13 Å². The summed E-state index contributed by atoms with van der Waals surface area (Å²) in [6.45, 7) is 13.6. The van der Waals surface area contributed by atoms with Gasteiger partial charge in [0.2, 0.25) is 11.2 Å². The van der Waals surface area contributed by atoms with Crippen LogP contribution < -0.4 is 5.32 Å². The molecule has 1 N–H and O–H groups in total. The minimum Gasteiger partial charge on any atom is -0.481 e. The van der Waals surface area contributed by atoms with Gasteiger partial charge < -0.3 is 4.74 Å². The van der Waals surface area contributed by atoms with E-state index in [0.717, 1.165) is 53.2 Å². The first-order valence-electron chi connectivity index (χ1n) is 10.9. The molecule has 2 heterocycles. The molecule has 0 saturated carbocycles. The van der Waals surface area contributed by atoms with Gasteiger partial charge in [-0.3, -0.25) is 10.1 Å². The van der Waals surface area contributed by atoms with Crippen molar-refractivity contribution in [2.24, 2.45) is 0 Å². The largest absolute Gasteiger partial charge is 0.481 e. The fourth-order valence-corrected chi connectivity index (χ4v) is 3.67. The van der Waals surface area contributed by atoms with Gasteiger partial charge in [-0.05, 0) is 64.7 Å². The number of anilines is 1. The zero-order valence-electron chi connectivity index (χ0n) is 19.6. The number of rotatable bonds is 12. The van der Waals surface area contributed by atoms with Gasteiger partial charge in [0, 0.05) is 12.8 Å². The Morgan fingerprint density at radius 3 is 2.56 bits per heavy atom. The molecule has 0 aliphatic heterocycles. The van der Waals surface area contributed by atoms with Crippen molar-refractivity contribution >= 4 is 22.4 Å². The lowest BCUT2D eigenvalue weighted by Gasteiger charge is -2.20. The molecule has 1 amide bonds. The van der Waals surface area contributed by atoms with Crippen molar-refractivity contribution in [1.82, 2.24) is 20.4 Å². The van der Waals surface area contributed by atoms with Gasteiger partial charge >= 0.3 is 0 Å². The van der Waals surface area contributed by atoms with Crippen LogP contribution in [0.1, 0.15) is 63.4 Å². The summed E-state index contributed by atoms with van der Waals surface area (Å²) in [6, 6.07) is 3.99. The summed E-state index contributed by atoms with van der Waals surface area (Å²) < 4.78 is 5.85. The third-order valence-corrected chi connectivity index (χ3v) is 5.53. The number of amides is 1. The number of aryl methyl sites for hydroxylation is 3. The van der Waals surface area contributed by atoms with Gasteiger partial charge in [-0.1, -0.05) is 42.6 Å². The summed E-state index contributed by atoms with van der Waals surface area (Å²) in [7, 11) is 0. The number of carbonyl (C=O) groups is 1. The minimum atomic E-state index is -0.787. The molecule has 1 unspecified atom stereocenters. The molecule has 172 valence electrons. The quantitative estimate of drug-likeness (QED) is 0.263. The van der Waals surface area contributed by atoms with E-state index in [1.54, 1.807) is 0 Å². The van der Waals surface area contributed by atoms with Gasteiger partial charge in [-0.15, -0.1) is 10.2 Å². The first-order chi connectivity index (χ1) is 15.3. The van der Waals surface area contributed by atoms with E-state index in [4.69, 9.17) is 4.74 Å². The number of allylic oxidation sites excluding steroid dienone is 3. The van der Waals surface area contributed by atoms with Crippen LogP contribution in [-0.4, -0.2) is 32.4 Å². The molecular formula is C24H33N5O2S. The van der Waals surface area contributed by atoms with Crippen LogP contribution in [0.3, 0.4) is 0 Å². The normalized spacial score (nSPS) is 12.2. The first-order valence-corrected chi connectivity index (χ1v) is 11.7. The Labute approximate surface area is 194 Å². The number of ether oxygens (including phenoxy) is 1. The number of unbranched alkanes of at least 4 members (excludes halogenated alkanes) is 1. The molecular weight excluding hydrogens is 422 g/mol. The molecule has 0 spiro atoms. The summed E-state index contributed by atoms with van der Waals surface area (Å²) in [5, 5.41) is 20.8. The Hall–Kier alpha value is -2.87. The van der Waals surface area contributed by atoms with Crippen molar-refractivity contribution in [3.63, 3.8) is 0 Å². The van der Waals surface area contributed by atoms with Crippen molar-refractivity contribution in [3.05, 3.63) is 64.2 Å². The SMILES string of the molecule is C=C(CC)OC(C(=O)Nc1nnc(CCCCc2ccc(C)nn2)s1)/C(C=C(C)C)=C/C. The lowest BCUT2D eigenvalue weighted by atomic mass is 10.1. The highest BCUT2D eigenvalue weighted by Gasteiger charge is 2.25. The van der Waals surface area contributed by atoms with E-state index in [-0.39, 0.29) is 5.91 Å². The maximum Gasteiger partial charge on any atom is 0.271 e. The van der Waals surface area contributed by atoms with Gasteiger partial charge in [0.1, 0.15) is 5.01 Å². The van der Waals surface area contributed by atoms with Gasteiger partial charge in [0.05, 0.1) is 17.1 Å². The average molecular weight is 456 g/mol. The zero-order chi connectivity index (χ0) is 23.5. The van der Waals surface area contributed by atoms with Crippen molar-refractivity contribution in [2.75, 3.05) is 5.32 Å². The fourth-order valence-electron chi connectivity index (χ4n) is 2.88. The summed E-state index contributed by atoms with van der Waals surface area (Å²) in [4.78, 5) is 13.0. The monoisotopic (exact) mass is 455 g/mol. The van der Waals surface area contributed by atoms with Crippen LogP contribution in [0, 0.1) is 6.92 Å². The Morgan fingerprint density at radius 1 is 1.19 bits per heavy atom. The highest BCUT2D eigenvalue weighted by atomic mass is 32.1. The Morgan fingerprint density at radius 2 is 1.94 bits per heavy atom. The standard InChI is InChI=1S/C24H33N5O2S/c1-7-18(6)31-22(19(8-2)15-16(3)4)23(30)25-24-29-28-21(32-24)12-10-9-11-20-14-13-17(5)26-27-20/h8,13-15,22H,6-7,9-12H2,1-5H3,(H,25,29,30)/b19-8+. The molecule has 0 radical (unpaired) electrons. The molecule has 32 heavy (non-hydrogen) atoms. The first kappa shape index (κ1) is 25.4. The molecule has 1 atom stereocenters. The average Bonchev–Trinajstić information content (AvgIpc) is 3.21. The van der Waals surface area contributed by atoms with E-state index in [9.17, 15) is 4.79 Å². The second-order valence-electron chi connectivity index (χ2n) is 7.76.